The van der Waals surface area contributed by atoms with Gasteiger partial charge in [-0.05, 0) is 26.7 Å². The van der Waals surface area contributed by atoms with E-state index in [-0.39, 0.29) is 23.2 Å². The van der Waals surface area contributed by atoms with Crippen LogP contribution < -0.4 is 5.32 Å². The van der Waals surface area contributed by atoms with Crippen LogP contribution in [0.3, 0.4) is 0 Å². The average Bonchev–Trinajstić information content (AvgIpc) is 2.84. The smallest absolute Gasteiger partial charge is 0.243 e. The van der Waals surface area contributed by atoms with Crippen LogP contribution in [-0.2, 0) is 9.59 Å². The molecule has 0 aromatic heterocycles. The summed E-state index contributed by atoms with van der Waals surface area (Å²) in [5.74, 6) is 0.565. The van der Waals surface area contributed by atoms with Crippen molar-refractivity contribution in [3.05, 3.63) is 0 Å². The van der Waals surface area contributed by atoms with Crippen molar-refractivity contribution in [2.75, 3.05) is 12.3 Å². The Bertz CT molecular complexity index is 413. The van der Waals surface area contributed by atoms with Gasteiger partial charge >= 0.3 is 0 Å². The van der Waals surface area contributed by atoms with Gasteiger partial charge in [0.05, 0.1) is 10.5 Å². The van der Waals surface area contributed by atoms with E-state index in [1.807, 2.05) is 13.8 Å². The Morgan fingerprint density at radius 1 is 1.65 bits per heavy atom. The van der Waals surface area contributed by atoms with Gasteiger partial charge in [-0.15, -0.1) is 11.8 Å². The van der Waals surface area contributed by atoms with Gasteiger partial charge in [-0.1, -0.05) is 13.3 Å². The van der Waals surface area contributed by atoms with Crippen LogP contribution in [0.2, 0.25) is 0 Å². The van der Waals surface area contributed by atoms with Gasteiger partial charge < -0.3 is 15.3 Å². The monoisotopic (exact) mass is 300 g/mol. The molecule has 2 rings (SSSR count). The minimum atomic E-state index is -0.880. The summed E-state index contributed by atoms with van der Waals surface area (Å²) >= 11 is 1.68. The third-order valence-electron chi connectivity index (χ3n) is 4.18. The second-order valence-corrected chi connectivity index (χ2v) is 7.73. The molecule has 0 aromatic carbocycles. The molecule has 2 aliphatic rings. The Labute approximate surface area is 124 Å². The van der Waals surface area contributed by atoms with E-state index in [1.165, 1.54) is 0 Å². The number of nitrogens with zero attached hydrogens (tertiary/aromatic N) is 1. The first-order valence-corrected chi connectivity index (χ1v) is 8.24. The molecule has 2 saturated heterocycles. The Hall–Kier alpha value is -0.750. The fourth-order valence-electron chi connectivity index (χ4n) is 3.04. The maximum atomic E-state index is 12.3. The molecule has 114 valence electrons. The van der Waals surface area contributed by atoms with Crippen LogP contribution in [0.4, 0.5) is 0 Å². The van der Waals surface area contributed by atoms with Crippen LogP contribution in [0.1, 0.15) is 46.5 Å². The van der Waals surface area contributed by atoms with Crippen LogP contribution in [0.15, 0.2) is 0 Å². The average molecular weight is 300 g/mol. The van der Waals surface area contributed by atoms with Gasteiger partial charge in [0.1, 0.15) is 6.04 Å². The predicted molar refractivity (Wildman–Crippen MR) is 79.3 cm³/mol. The SMILES string of the molecule is CCCC(C)(O)CNC(=O)C1CSC2(C)CCC(=O)N12. The number of nitrogens with one attached hydrogen (secondary N) is 1. The molecule has 0 bridgehead atoms. The van der Waals surface area contributed by atoms with Crippen molar-refractivity contribution in [1.82, 2.24) is 10.2 Å². The van der Waals surface area contributed by atoms with Crippen LogP contribution >= 0.6 is 11.8 Å². The number of fused-ring (bicyclic) bond motifs is 1. The maximum absolute atomic E-state index is 12.3. The first-order chi connectivity index (χ1) is 9.29. The normalized spacial score (nSPS) is 32.1. The minimum absolute atomic E-state index is 0.0676. The molecule has 0 aliphatic carbocycles. The molecule has 2 amide bonds. The van der Waals surface area contributed by atoms with Crippen molar-refractivity contribution in [3.8, 4) is 0 Å². The molecule has 3 atom stereocenters. The summed E-state index contributed by atoms with van der Waals surface area (Å²) in [4.78, 5) is 25.8. The second-order valence-electron chi connectivity index (χ2n) is 6.23. The Morgan fingerprint density at radius 2 is 2.35 bits per heavy atom. The topological polar surface area (TPSA) is 69.6 Å². The molecule has 5 nitrogen and oxygen atoms in total. The summed E-state index contributed by atoms with van der Waals surface area (Å²) in [6.45, 7) is 5.99. The molecule has 0 radical (unpaired) electrons. The van der Waals surface area contributed by atoms with Crippen LogP contribution in [0.25, 0.3) is 0 Å². The standard InChI is InChI=1S/C14H24N2O3S/c1-4-6-13(2,19)9-15-12(18)10-8-20-14(3)7-5-11(17)16(10)14/h10,19H,4-9H2,1-3H3,(H,15,18). The fraction of sp³-hybridized carbons (Fsp3) is 0.857. The summed E-state index contributed by atoms with van der Waals surface area (Å²) < 4.78 is 0. The fourth-order valence-corrected chi connectivity index (χ4v) is 4.47. The summed E-state index contributed by atoms with van der Waals surface area (Å²) in [6.07, 6.45) is 2.85. The minimum Gasteiger partial charge on any atom is -0.388 e. The number of carbonyl (C=O) groups is 2. The Morgan fingerprint density at radius 3 is 3.00 bits per heavy atom. The molecule has 0 saturated carbocycles. The second kappa shape index (κ2) is 5.56. The zero-order valence-electron chi connectivity index (χ0n) is 12.4. The summed E-state index contributed by atoms with van der Waals surface area (Å²) in [6, 6.07) is -0.391. The highest BCUT2D eigenvalue weighted by molar-refractivity contribution is 8.01. The van der Waals surface area contributed by atoms with E-state index in [2.05, 4.69) is 5.32 Å². The first kappa shape index (κ1) is 15.6. The van der Waals surface area contributed by atoms with E-state index in [9.17, 15) is 14.7 Å². The van der Waals surface area contributed by atoms with Crippen LogP contribution in [0.5, 0.6) is 0 Å². The quantitative estimate of drug-likeness (QED) is 0.798. The van der Waals surface area contributed by atoms with E-state index >= 15 is 0 Å². The van der Waals surface area contributed by atoms with Gasteiger partial charge in [0.15, 0.2) is 0 Å². The number of carbonyl (C=O) groups excluding carboxylic acids is 2. The van der Waals surface area contributed by atoms with Gasteiger partial charge in [0.2, 0.25) is 11.8 Å². The number of hydrogen-bond donors (Lipinski definition) is 2. The summed E-state index contributed by atoms with van der Waals surface area (Å²) in [5, 5.41) is 12.9. The zero-order chi connectivity index (χ0) is 15.0. The molecule has 0 spiro atoms. The van der Waals surface area contributed by atoms with E-state index in [1.54, 1.807) is 23.6 Å². The lowest BCUT2D eigenvalue weighted by atomic mass is 10.0. The lowest BCUT2D eigenvalue weighted by molar-refractivity contribution is -0.138. The van der Waals surface area contributed by atoms with Crippen molar-refractivity contribution in [2.45, 2.75) is 63.0 Å². The van der Waals surface area contributed by atoms with Gasteiger partial charge in [-0.2, -0.15) is 0 Å². The molecule has 2 heterocycles. The number of rotatable bonds is 5. The third-order valence-corrected chi connectivity index (χ3v) is 5.68. The number of hydrogen-bond acceptors (Lipinski definition) is 4. The van der Waals surface area contributed by atoms with Crippen LogP contribution in [0, 0.1) is 0 Å². The molecule has 20 heavy (non-hydrogen) atoms. The van der Waals surface area contributed by atoms with E-state index in [0.29, 0.717) is 18.6 Å². The predicted octanol–water partition coefficient (Wildman–Crippen LogP) is 1.11. The molecule has 6 heteroatoms. The molecule has 0 aromatic rings. The largest absolute Gasteiger partial charge is 0.388 e. The third kappa shape index (κ3) is 2.96. The molecular weight excluding hydrogens is 276 g/mol. The van der Waals surface area contributed by atoms with Gasteiger partial charge in [0.25, 0.3) is 0 Å². The highest BCUT2D eigenvalue weighted by atomic mass is 32.2. The number of thioether (sulfide) groups is 1. The molecule has 3 unspecified atom stereocenters. The van der Waals surface area contributed by atoms with Crippen molar-refractivity contribution < 1.29 is 14.7 Å². The highest BCUT2D eigenvalue weighted by Gasteiger charge is 2.52. The van der Waals surface area contributed by atoms with E-state index in [4.69, 9.17) is 0 Å². The van der Waals surface area contributed by atoms with Crippen molar-refractivity contribution >= 4 is 23.6 Å². The van der Waals surface area contributed by atoms with Gasteiger partial charge in [-0.25, -0.2) is 0 Å². The van der Waals surface area contributed by atoms with Gasteiger partial charge in [-0.3, -0.25) is 9.59 Å². The van der Waals surface area contributed by atoms with Crippen molar-refractivity contribution in [3.63, 3.8) is 0 Å². The molecule has 2 aliphatic heterocycles. The summed E-state index contributed by atoms with van der Waals surface area (Å²) in [7, 11) is 0. The van der Waals surface area contributed by atoms with E-state index in [0.717, 1.165) is 12.8 Å². The molecule has 2 N–H and O–H groups in total. The Balaban J connectivity index is 1.95. The first-order valence-electron chi connectivity index (χ1n) is 7.25. The van der Waals surface area contributed by atoms with E-state index < -0.39 is 11.6 Å². The number of amides is 2. The molecule has 2 fully saturated rings. The number of aliphatic hydroxyl groups is 1. The lowest BCUT2D eigenvalue weighted by Crippen LogP contribution is -2.52. The van der Waals surface area contributed by atoms with Crippen molar-refractivity contribution in [2.24, 2.45) is 0 Å². The summed E-state index contributed by atoms with van der Waals surface area (Å²) in [5.41, 5.74) is -0.880. The van der Waals surface area contributed by atoms with Gasteiger partial charge in [0, 0.05) is 18.7 Å². The zero-order valence-corrected chi connectivity index (χ0v) is 13.3. The van der Waals surface area contributed by atoms with Crippen molar-refractivity contribution in [1.29, 1.82) is 0 Å². The molecular formula is C14H24N2O3S. The van der Waals surface area contributed by atoms with Crippen LogP contribution in [-0.4, -0.2) is 50.6 Å². The highest BCUT2D eigenvalue weighted by Crippen LogP contribution is 2.47. The Kier molecular flexibility index (Phi) is 4.35. The lowest BCUT2D eigenvalue weighted by Gasteiger charge is -2.30. The maximum Gasteiger partial charge on any atom is 0.243 e.